The molecule has 1 saturated heterocycles. The maximum atomic E-state index is 12.1. The van der Waals surface area contributed by atoms with Crippen molar-refractivity contribution in [3.05, 3.63) is 30.1 Å². The second kappa shape index (κ2) is 6.01. The number of hydrogen-bond acceptors (Lipinski definition) is 3. The van der Waals surface area contributed by atoms with Crippen molar-refractivity contribution < 1.29 is 4.79 Å². The van der Waals surface area contributed by atoms with Gasteiger partial charge in [-0.05, 0) is 31.5 Å². The normalized spacial score (nSPS) is 17.5. The van der Waals surface area contributed by atoms with Crippen molar-refractivity contribution in [1.29, 1.82) is 0 Å². The number of pyridine rings is 1. The van der Waals surface area contributed by atoms with Crippen molar-refractivity contribution in [2.45, 2.75) is 24.7 Å². The van der Waals surface area contributed by atoms with E-state index in [1.165, 1.54) is 5.56 Å². The van der Waals surface area contributed by atoms with Crippen LogP contribution in [0.25, 0.3) is 0 Å². The highest BCUT2D eigenvalue weighted by molar-refractivity contribution is 9.10. The van der Waals surface area contributed by atoms with Gasteiger partial charge in [0.2, 0.25) is 5.91 Å². The molecule has 0 radical (unpaired) electrons. The van der Waals surface area contributed by atoms with Gasteiger partial charge in [-0.25, -0.2) is 0 Å². The minimum absolute atomic E-state index is 0.177. The van der Waals surface area contributed by atoms with Gasteiger partial charge in [0.05, 0.1) is 4.32 Å². The number of hydrogen-bond donors (Lipinski definition) is 0. The molecule has 0 spiro atoms. The summed E-state index contributed by atoms with van der Waals surface area (Å²) in [5.41, 5.74) is 1.27. The second-order valence-corrected chi connectivity index (χ2v) is 7.38. The molecule has 2 heterocycles. The average Bonchev–Trinajstić information content (AvgIpc) is 2.39. The first-order valence-corrected chi connectivity index (χ1v) is 7.35. The second-order valence-electron chi connectivity index (χ2n) is 5.40. The molecule has 0 aliphatic carbocycles. The number of piperazine rings is 1. The predicted molar refractivity (Wildman–Crippen MR) is 79.1 cm³/mol. The van der Waals surface area contributed by atoms with Gasteiger partial charge in [0.15, 0.2) is 0 Å². The molecule has 0 aromatic carbocycles. The van der Waals surface area contributed by atoms with Gasteiger partial charge in [0.1, 0.15) is 0 Å². The first-order chi connectivity index (χ1) is 8.97. The summed E-state index contributed by atoms with van der Waals surface area (Å²) in [7, 11) is 0. The Morgan fingerprint density at radius 2 is 1.84 bits per heavy atom. The number of alkyl halides is 1. The van der Waals surface area contributed by atoms with Crippen LogP contribution in [0, 0.1) is 0 Å². The van der Waals surface area contributed by atoms with Gasteiger partial charge in [-0.15, -0.1) is 0 Å². The fourth-order valence-corrected chi connectivity index (χ4v) is 2.48. The van der Waals surface area contributed by atoms with E-state index < -0.39 is 4.32 Å². The Hall–Kier alpha value is -0.940. The molecule has 0 saturated carbocycles. The fraction of sp³-hybridized carbons (Fsp3) is 0.571. The van der Waals surface area contributed by atoms with Crippen molar-refractivity contribution >= 4 is 21.8 Å². The summed E-state index contributed by atoms with van der Waals surface area (Å²) >= 11 is 3.44. The molecule has 1 aliphatic heterocycles. The number of carbonyl (C=O) groups excluding carboxylic acids is 1. The summed E-state index contributed by atoms with van der Waals surface area (Å²) in [5, 5.41) is 0. The highest BCUT2D eigenvalue weighted by Crippen LogP contribution is 2.20. The van der Waals surface area contributed by atoms with Gasteiger partial charge in [0, 0.05) is 45.1 Å². The molecule has 0 unspecified atom stereocenters. The zero-order chi connectivity index (χ0) is 13.9. The first-order valence-electron chi connectivity index (χ1n) is 6.56. The molecular weight excluding hydrogens is 306 g/mol. The summed E-state index contributed by atoms with van der Waals surface area (Å²) in [6, 6.07) is 4.08. The lowest BCUT2D eigenvalue weighted by atomic mass is 10.1. The maximum absolute atomic E-state index is 12.1. The van der Waals surface area contributed by atoms with Crippen LogP contribution in [0.4, 0.5) is 0 Å². The lowest BCUT2D eigenvalue weighted by Gasteiger charge is -2.37. The quantitative estimate of drug-likeness (QED) is 0.796. The predicted octanol–water partition coefficient (Wildman–Crippen LogP) is 1.90. The molecule has 4 nitrogen and oxygen atoms in total. The molecule has 1 aromatic heterocycles. The molecule has 2 rings (SSSR count). The summed E-state index contributed by atoms with van der Waals surface area (Å²) in [6.45, 7) is 8.20. The Labute approximate surface area is 122 Å². The van der Waals surface area contributed by atoms with E-state index >= 15 is 0 Å². The van der Waals surface area contributed by atoms with Crippen LogP contribution in [0.5, 0.6) is 0 Å². The molecule has 1 aromatic rings. The van der Waals surface area contributed by atoms with Gasteiger partial charge in [-0.2, -0.15) is 0 Å². The van der Waals surface area contributed by atoms with Crippen molar-refractivity contribution in [2.24, 2.45) is 0 Å². The molecule has 1 amide bonds. The SMILES string of the molecule is CC(C)(Br)C(=O)N1CCN(Cc2ccncc2)CC1. The summed E-state index contributed by atoms with van der Waals surface area (Å²) in [4.78, 5) is 20.5. The van der Waals surface area contributed by atoms with Gasteiger partial charge in [0.25, 0.3) is 0 Å². The minimum atomic E-state index is -0.458. The number of aromatic nitrogens is 1. The highest BCUT2D eigenvalue weighted by atomic mass is 79.9. The summed E-state index contributed by atoms with van der Waals surface area (Å²) in [6.07, 6.45) is 3.64. The Morgan fingerprint density at radius 3 is 2.37 bits per heavy atom. The van der Waals surface area contributed by atoms with Crippen LogP contribution in [0.2, 0.25) is 0 Å². The zero-order valence-electron chi connectivity index (χ0n) is 11.5. The molecule has 0 N–H and O–H groups in total. The van der Waals surface area contributed by atoms with Gasteiger partial charge in [-0.1, -0.05) is 15.9 Å². The third-order valence-electron chi connectivity index (χ3n) is 3.32. The Morgan fingerprint density at radius 1 is 1.26 bits per heavy atom. The molecule has 5 heteroatoms. The lowest BCUT2D eigenvalue weighted by Crippen LogP contribution is -2.52. The molecule has 0 bridgehead atoms. The summed E-state index contributed by atoms with van der Waals surface area (Å²) in [5.74, 6) is 0.177. The lowest BCUT2D eigenvalue weighted by molar-refractivity contribution is -0.134. The van der Waals surface area contributed by atoms with E-state index in [-0.39, 0.29) is 5.91 Å². The molecule has 0 atom stereocenters. The van der Waals surface area contributed by atoms with Gasteiger partial charge < -0.3 is 4.90 Å². The third-order valence-corrected chi connectivity index (χ3v) is 3.66. The van der Waals surface area contributed by atoms with E-state index in [1.54, 1.807) is 0 Å². The molecule has 104 valence electrons. The van der Waals surface area contributed by atoms with Gasteiger partial charge >= 0.3 is 0 Å². The van der Waals surface area contributed by atoms with E-state index in [4.69, 9.17) is 0 Å². The Kier molecular flexibility index (Phi) is 4.58. The molecule has 1 fully saturated rings. The third kappa shape index (κ3) is 4.01. The van der Waals surface area contributed by atoms with Crippen molar-refractivity contribution in [3.8, 4) is 0 Å². The Balaban J connectivity index is 1.85. The largest absolute Gasteiger partial charge is 0.339 e. The maximum Gasteiger partial charge on any atom is 0.238 e. The summed E-state index contributed by atoms with van der Waals surface area (Å²) < 4.78 is -0.458. The average molecular weight is 326 g/mol. The van der Waals surface area contributed by atoms with Crippen molar-refractivity contribution in [1.82, 2.24) is 14.8 Å². The van der Waals surface area contributed by atoms with Crippen LogP contribution < -0.4 is 0 Å². The molecular formula is C14H20BrN3O. The van der Waals surface area contributed by atoms with Crippen molar-refractivity contribution in [3.63, 3.8) is 0 Å². The van der Waals surface area contributed by atoms with E-state index in [9.17, 15) is 4.79 Å². The van der Waals surface area contributed by atoms with Crippen LogP contribution in [0.3, 0.4) is 0 Å². The number of carbonyl (C=O) groups is 1. The van der Waals surface area contributed by atoms with Crippen LogP contribution in [0.1, 0.15) is 19.4 Å². The molecule has 1 aliphatic rings. The number of rotatable bonds is 3. The zero-order valence-corrected chi connectivity index (χ0v) is 13.1. The monoisotopic (exact) mass is 325 g/mol. The van der Waals surface area contributed by atoms with Crippen molar-refractivity contribution in [2.75, 3.05) is 26.2 Å². The fourth-order valence-electron chi connectivity index (χ4n) is 2.23. The standard InChI is InChI=1S/C14H20BrN3O/c1-14(2,15)13(19)18-9-7-17(8-10-18)11-12-3-5-16-6-4-12/h3-6H,7-11H2,1-2H3. The van der Waals surface area contributed by atoms with E-state index in [0.29, 0.717) is 0 Å². The number of amides is 1. The van der Waals surface area contributed by atoms with E-state index in [2.05, 4.69) is 25.8 Å². The minimum Gasteiger partial charge on any atom is -0.339 e. The van der Waals surface area contributed by atoms with Crippen LogP contribution >= 0.6 is 15.9 Å². The van der Waals surface area contributed by atoms with Crippen LogP contribution in [-0.2, 0) is 11.3 Å². The number of halogens is 1. The van der Waals surface area contributed by atoms with Crippen LogP contribution in [-0.4, -0.2) is 51.2 Å². The van der Waals surface area contributed by atoms with E-state index in [1.807, 2.05) is 43.3 Å². The molecule has 19 heavy (non-hydrogen) atoms. The first kappa shape index (κ1) is 14.5. The van der Waals surface area contributed by atoms with Gasteiger partial charge in [-0.3, -0.25) is 14.7 Å². The Bertz CT molecular complexity index is 422. The van der Waals surface area contributed by atoms with Crippen LogP contribution in [0.15, 0.2) is 24.5 Å². The smallest absolute Gasteiger partial charge is 0.238 e. The number of nitrogens with zero attached hydrogens (tertiary/aromatic N) is 3. The topological polar surface area (TPSA) is 36.4 Å². The highest BCUT2D eigenvalue weighted by Gasteiger charge is 2.31. The van der Waals surface area contributed by atoms with E-state index in [0.717, 1.165) is 32.7 Å².